The summed E-state index contributed by atoms with van der Waals surface area (Å²) in [7, 11) is 1.61. The summed E-state index contributed by atoms with van der Waals surface area (Å²) in [6.45, 7) is 4.53. The van der Waals surface area contributed by atoms with E-state index < -0.39 is 11.9 Å². The Morgan fingerprint density at radius 3 is 2.70 bits per heavy atom. The Balaban J connectivity index is 1.67. The summed E-state index contributed by atoms with van der Waals surface area (Å²) in [4.78, 5) is 32.8. The Morgan fingerprint density at radius 1 is 1.15 bits per heavy atom. The van der Waals surface area contributed by atoms with Crippen molar-refractivity contribution in [2.45, 2.75) is 20.0 Å². The van der Waals surface area contributed by atoms with Crippen molar-refractivity contribution < 1.29 is 13.7 Å². The third kappa shape index (κ3) is 3.83. The summed E-state index contributed by atoms with van der Waals surface area (Å²) >= 11 is 5.94. The number of nitrogens with zero attached hydrogens (tertiary/aromatic N) is 7. The normalized spacial score (nSPS) is 16.5. The van der Waals surface area contributed by atoms with Gasteiger partial charge in [0.2, 0.25) is 17.7 Å². The average Bonchev–Trinajstić information content (AvgIpc) is 3.24. The highest BCUT2D eigenvalue weighted by Crippen LogP contribution is 2.31. The highest BCUT2D eigenvalue weighted by atomic mass is 35.5. The van der Waals surface area contributed by atoms with Crippen LogP contribution in [0.5, 0.6) is 0 Å². The molecular formula is C21H19ClFN7O3. The van der Waals surface area contributed by atoms with Gasteiger partial charge in [0.1, 0.15) is 29.0 Å². The lowest BCUT2D eigenvalue weighted by Crippen LogP contribution is -2.40. The van der Waals surface area contributed by atoms with Crippen molar-refractivity contribution in [2.24, 2.45) is 7.05 Å². The van der Waals surface area contributed by atoms with Crippen LogP contribution in [0.2, 0.25) is 5.02 Å². The Bertz CT molecular complexity index is 1440. The molecule has 12 heteroatoms. The molecule has 0 bridgehead atoms. The first-order valence-corrected chi connectivity index (χ1v) is 10.6. The van der Waals surface area contributed by atoms with Crippen molar-refractivity contribution in [1.82, 2.24) is 29.7 Å². The van der Waals surface area contributed by atoms with E-state index in [0.717, 1.165) is 0 Å². The Hall–Kier alpha value is -3.44. The van der Waals surface area contributed by atoms with Crippen LogP contribution in [0.25, 0.3) is 22.3 Å². The van der Waals surface area contributed by atoms with E-state index >= 15 is 0 Å². The fraction of sp³-hybridized carbons (Fsp3) is 0.333. The molecule has 1 aliphatic rings. The van der Waals surface area contributed by atoms with Crippen molar-refractivity contribution in [3.63, 3.8) is 0 Å². The van der Waals surface area contributed by atoms with Crippen molar-refractivity contribution >= 4 is 28.6 Å². The van der Waals surface area contributed by atoms with Gasteiger partial charge in [-0.2, -0.15) is 4.98 Å². The molecule has 3 aromatic heterocycles. The summed E-state index contributed by atoms with van der Waals surface area (Å²) in [6, 6.07) is 4.27. The molecule has 1 fully saturated rings. The Labute approximate surface area is 192 Å². The zero-order valence-corrected chi connectivity index (χ0v) is 18.8. The van der Waals surface area contributed by atoms with E-state index in [0.29, 0.717) is 37.2 Å². The van der Waals surface area contributed by atoms with Crippen LogP contribution in [-0.4, -0.2) is 49.4 Å². The zero-order valence-electron chi connectivity index (χ0n) is 18.0. The minimum atomic E-state index is -0.573. The number of rotatable bonds is 3. The number of morpholine rings is 1. The second-order valence-electron chi connectivity index (χ2n) is 7.69. The van der Waals surface area contributed by atoms with E-state index in [4.69, 9.17) is 20.9 Å². The van der Waals surface area contributed by atoms with Gasteiger partial charge in [0.25, 0.3) is 5.56 Å². The van der Waals surface area contributed by atoms with Crippen LogP contribution in [0.1, 0.15) is 23.6 Å². The predicted molar refractivity (Wildman–Crippen MR) is 118 cm³/mol. The number of aryl methyl sites for hydroxylation is 2. The minimum Gasteiger partial charge on any atom is -0.366 e. The van der Waals surface area contributed by atoms with E-state index in [1.54, 1.807) is 27.0 Å². The van der Waals surface area contributed by atoms with E-state index in [2.05, 4.69) is 25.1 Å². The largest absolute Gasteiger partial charge is 0.366 e. The second-order valence-corrected chi connectivity index (χ2v) is 8.13. The summed E-state index contributed by atoms with van der Waals surface area (Å²) < 4.78 is 27.1. The lowest BCUT2D eigenvalue weighted by Gasteiger charge is -2.31. The molecule has 10 nitrogen and oxygen atoms in total. The molecule has 0 amide bonds. The molecule has 1 aromatic carbocycles. The molecule has 0 saturated carbocycles. The molecule has 1 aliphatic heterocycles. The standard InChI is InChI=1S/C21H19ClFN7O3/c1-10-24-17-16(13-5-4-12(22)8-14(13)23)26-21(27-18(17)20(31)29(10)3)30-6-7-32-15(9-30)19-25-11(2)33-28-19/h4-5,8,15H,6-7,9H2,1-3H3. The minimum absolute atomic E-state index is 0.0934. The highest BCUT2D eigenvalue weighted by molar-refractivity contribution is 6.30. The maximum Gasteiger partial charge on any atom is 0.279 e. The summed E-state index contributed by atoms with van der Waals surface area (Å²) in [6.07, 6.45) is -0.467. The van der Waals surface area contributed by atoms with Crippen LogP contribution >= 0.6 is 11.6 Å². The molecule has 0 aliphatic carbocycles. The van der Waals surface area contributed by atoms with Gasteiger partial charge in [0, 0.05) is 31.1 Å². The van der Waals surface area contributed by atoms with E-state index in [-0.39, 0.29) is 38.8 Å². The van der Waals surface area contributed by atoms with E-state index in [9.17, 15) is 9.18 Å². The van der Waals surface area contributed by atoms with Crippen LogP contribution in [0.4, 0.5) is 10.3 Å². The van der Waals surface area contributed by atoms with Gasteiger partial charge in [-0.3, -0.25) is 9.36 Å². The maximum atomic E-state index is 14.9. The Kier molecular flexibility index (Phi) is 5.29. The number of fused-ring (bicyclic) bond motifs is 1. The zero-order chi connectivity index (χ0) is 23.3. The van der Waals surface area contributed by atoms with Gasteiger partial charge in [-0.25, -0.2) is 19.3 Å². The number of anilines is 1. The average molecular weight is 472 g/mol. The molecule has 170 valence electrons. The highest BCUT2D eigenvalue weighted by Gasteiger charge is 2.29. The molecule has 4 aromatic rings. The molecular weight excluding hydrogens is 453 g/mol. The smallest absolute Gasteiger partial charge is 0.279 e. The van der Waals surface area contributed by atoms with E-state index in [1.807, 2.05) is 4.90 Å². The van der Waals surface area contributed by atoms with Crippen LogP contribution in [0, 0.1) is 19.7 Å². The third-order valence-corrected chi connectivity index (χ3v) is 5.74. The lowest BCUT2D eigenvalue weighted by molar-refractivity contribution is 0.0321. The number of hydrogen-bond acceptors (Lipinski definition) is 9. The first-order chi connectivity index (χ1) is 15.8. The van der Waals surface area contributed by atoms with Gasteiger partial charge in [-0.1, -0.05) is 16.8 Å². The van der Waals surface area contributed by atoms with Crippen LogP contribution in [-0.2, 0) is 11.8 Å². The quantitative estimate of drug-likeness (QED) is 0.445. The lowest BCUT2D eigenvalue weighted by atomic mass is 10.1. The summed E-state index contributed by atoms with van der Waals surface area (Å²) in [5.74, 6) is 0.977. The van der Waals surface area contributed by atoms with Crippen LogP contribution < -0.4 is 10.5 Å². The number of benzene rings is 1. The number of aromatic nitrogens is 6. The van der Waals surface area contributed by atoms with Gasteiger partial charge in [0.05, 0.1) is 13.2 Å². The molecule has 1 atom stereocenters. The summed E-state index contributed by atoms with van der Waals surface area (Å²) in [5, 5.41) is 4.19. The fourth-order valence-electron chi connectivity index (χ4n) is 3.68. The summed E-state index contributed by atoms with van der Waals surface area (Å²) in [5.41, 5.74) is 0.348. The van der Waals surface area contributed by atoms with E-state index in [1.165, 1.54) is 16.7 Å². The van der Waals surface area contributed by atoms with Crippen molar-refractivity contribution in [1.29, 1.82) is 0 Å². The number of hydrogen-bond donors (Lipinski definition) is 0. The van der Waals surface area contributed by atoms with Gasteiger partial charge in [0.15, 0.2) is 5.52 Å². The SMILES string of the molecule is Cc1nc(C2CN(c3nc(-c4ccc(Cl)cc4F)c4nc(C)n(C)c(=O)c4n3)CCO2)no1. The molecule has 4 heterocycles. The van der Waals surface area contributed by atoms with Gasteiger partial charge in [-0.15, -0.1) is 0 Å². The number of halogens is 2. The second kappa shape index (κ2) is 8.16. The predicted octanol–water partition coefficient (Wildman–Crippen LogP) is 2.76. The first-order valence-electron chi connectivity index (χ1n) is 10.2. The maximum absolute atomic E-state index is 14.9. The molecule has 0 radical (unpaired) electrons. The fourth-order valence-corrected chi connectivity index (χ4v) is 3.84. The van der Waals surface area contributed by atoms with Gasteiger partial charge < -0.3 is 14.2 Å². The molecule has 0 N–H and O–H groups in total. The monoisotopic (exact) mass is 471 g/mol. The molecule has 33 heavy (non-hydrogen) atoms. The van der Waals surface area contributed by atoms with Gasteiger partial charge >= 0.3 is 0 Å². The number of ether oxygens (including phenoxy) is 1. The van der Waals surface area contributed by atoms with Crippen molar-refractivity contribution in [3.8, 4) is 11.3 Å². The van der Waals surface area contributed by atoms with Crippen LogP contribution in [0.3, 0.4) is 0 Å². The molecule has 0 spiro atoms. The van der Waals surface area contributed by atoms with Gasteiger partial charge in [-0.05, 0) is 25.1 Å². The van der Waals surface area contributed by atoms with Crippen LogP contribution in [0.15, 0.2) is 27.5 Å². The molecule has 5 rings (SSSR count). The van der Waals surface area contributed by atoms with Crippen molar-refractivity contribution in [3.05, 3.63) is 56.9 Å². The molecule has 1 unspecified atom stereocenters. The third-order valence-electron chi connectivity index (χ3n) is 5.51. The Morgan fingerprint density at radius 2 is 1.97 bits per heavy atom. The van der Waals surface area contributed by atoms with Crippen molar-refractivity contribution in [2.75, 3.05) is 24.6 Å². The topological polar surface area (TPSA) is 112 Å². The molecule has 1 saturated heterocycles. The first kappa shape index (κ1) is 21.4.